The van der Waals surface area contributed by atoms with Crippen molar-refractivity contribution in [1.29, 1.82) is 0 Å². The molecule has 1 saturated heterocycles. The second kappa shape index (κ2) is 7.64. The van der Waals surface area contributed by atoms with E-state index in [0.717, 1.165) is 62.6 Å². The summed E-state index contributed by atoms with van der Waals surface area (Å²) in [5, 5.41) is 4.77. The Bertz CT molecular complexity index is 917. The lowest BCUT2D eigenvalue weighted by Crippen LogP contribution is -2.31. The molecule has 0 aromatic carbocycles. The van der Waals surface area contributed by atoms with Gasteiger partial charge < -0.3 is 4.90 Å². The number of anilines is 1. The first-order valence-corrected chi connectivity index (χ1v) is 9.87. The molecule has 0 radical (unpaired) electrons. The fourth-order valence-electron chi connectivity index (χ4n) is 3.77. The van der Waals surface area contributed by atoms with Crippen molar-refractivity contribution in [2.24, 2.45) is 0 Å². The molecule has 1 aliphatic heterocycles. The second-order valence-electron chi connectivity index (χ2n) is 7.38. The van der Waals surface area contributed by atoms with Crippen molar-refractivity contribution < 1.29 is 0 Å². The van der Waals surface area contributed by atoms with Crippen LogP contribution in [0, 0.1) is 13.8 Å². The van der Waals surface area contributed by atoms with Crippen molar-refractivity contribution in [2.45, 2.75) is 40.2 Å². The third-order valence-electron chi connectivity index (χ3n) is 5.52. The molecular weight excluding hydrogens is 336 g/mol. The molecule has 142 valence electrons. The Morgan fingerprint density at radius 2 is 1.85 bits per heavy atom. The summed E-state index contributed by atoms with van der Waals surface area (Å²) in [4.78, 5) is 14.0. The van der Waals surface area contributed by atoms with Crippen LogP contribution < -0.4 is 4.90 Å². The minimum Gasteiger partial charge on any atom is -0.355 e. The summed E-state index contributed by atoms with van der Waals surface area (Å²) in [5.74, 6) is 1.18. The Morgan fingerprint density at radius 1 is 1.04 bits per heavy atom. The van der Waals surface area contributed by atoms with Crippen molar-refractivity contribution in [3.8, 4) is 0 Å². The van der Waals surface area contributed by atoms with Crippen LogP contribution in [0.25, 0.3) is 5.65 Å². The van der Waals surface area contributed by atoms with Gasteiger partial charge in [-0.3, -0.25) is 9.88 Å². The lowest BCUT2D eigenvalue weighted by molar-refractivity contribution is 0.285. The van der Waals surface area contributed by atoms with Gasteiger partial charge >= 0.3 is 0 Å². The standard InChI is InChI=1S/C21H28N6/c1-4-19-14-20(27-21(23-19)16(2)17(3)24-27)26-11-5-10-25(12-13-26)15-18-6-8-22-9-7-18/h6-9,14H,4-5,10-13,15H2,1-3H3. The van der Waals surface area contributed by atoms with Crippen LogP contribution in [0.2, 0.25) is 0 Å². The van der Waals surface area contributed by atoms with Gasteiger partial charge in [0.1, 0.15) is 5.82 Å². The highest BCUT2D eigenvalue weighted by Gasteiger charge is 2.20. The summed E-state index contributed by atoms with van der Waals surface area (Å²) in [6, 6.07) is 6.44. The predicted molar refractivity (Wildman–Crippen MR) is 108 cm³/mol. The van der Waals surface area contributed by atoms with Crippen LogP contribution in [0.1, 0.15) is 35.9 Å². The van der Waals surface area contributed by atoms with Gasteiger partial charge in [-0.1, -0.05) is 6.92 Å². The summed E-state index contributed by atoms with van der Waals surface area (Å²) in [5.41, 5.74) is 5.71. The zero-order valence-electron chi connectivity index (χ0n) is 16.5. The molecule has 4 heterocycles. The Balaban J connectivity index is 1.58. The van der Waals surface area contributed by atoms with E-state index in [1.54, 1.807) is 0 Å². The smallest absolute Gasteiger partial charge is 0.160 e. The van der Waals surface area contributed by atoms with E-state index in [1.165, 1.54) is 16.9 Å². The topological polar surface area (TPSA) is 49.6 Å². The first-order valence-electron chi connectivity index (χ1n) is 9.87. The molecule has 0 saturated carbocycles. The third kappa shape index (κ3) is 3.67. The molecule has 27 heavy (non-hydrogen) atoms. The molecule has 0 bridgehead atoms. The maximum Gasteiger partial charge on any atom is 0.160 e. The minimum absolute atomic E-state index is 0.940. The van der Waals surface area contributed by atoms with Gasteiger partial charge in [0.05, 0.1) is 5.69 Å². The fraction of sp³-hybridized carbons (Fsp3) is 0.476. The van der Waals surface area contributed by atoms with Gasteiger partial charge in [-0.2, -0.15) is 9.61 Å². The fourth-order valence-corrected chi connectivity index (χ4v) is 3.77. The summed E-state index contributed by atoms with van der Waals surface area (Å²) >= 11 is 0. The molecule has 4 rings (SSSR count). The zero-order valence-corrected chi connectivity index (χ0v) is 16.5. The van der Waals surface area contributed by atoms with Gasteiger partial charge in [0.15, 0.2) is 5.65 Å². The van der Waals surface area contributed by atoms with E-state index in [0.29, 0.717) is 0 Å². The van der Waals surface area contributed by atoms with Crippen LogP contribution in [0.15, 0.2) is 30.6 Å². The van der Waals surface area contributed by atoms with Crippen molar-refractivity contribution in [1.82, 2.24) is 24.5 Å². The average Bonchev–Trinajstić information content (AvgIpc) is 2.86. The molecule has 0 spiro atoms. The Kier molecular flexibility index (Phi) is 5.07. The molecule has 0 amide bonds. The number of fused-ring (bicyclic) bond motifs is 1. The predicted octanol–water partition coefficient (Wildman–Crippen LogP) is 3.02. The van der Waals surface area contributed by atoms with Crippen LogP contribution in [-0.2, 0) is 13.0 Å². The molecule has 1 fully saturated rings. The average molecular weight is 364 g/mol. The van der Waals surface area contributed by atoms with Gasteiger partial charge in [-0.05, 0) is 44.4 Å². The molecule has 0 unspecified atom stereocenters. The number of aromatic nitrogens is 4. The van der Waals surface area contributed by atoms with E-state index in [1.807, 2.05) is 16.9 Å². The molecule has 1 aliphatic rings. The van der Waals surface area contributed by atoms with E-state index in [4.69, 9.17) is 10.1 Å². The maximum absolute atomic E-state index is 4.82. The number of hydrogen-bond donors (Lipinski definition) is 0. The lowest BCUT2D eigenvalue weighted by atomic mass is 10.2. The van der Waals surface area contributed by atoms with Gasteiger partial charge in [-0.15, -0.1) is 0 Å². The van der Waals surface area contributed by atoms with Crippen molar-refractivity contribution in [3.63, 3.8) is 0 Å². The molecular formula is C21H28N6. The van der Waals surface area contributed by atoms with Gasteiger partial charge in [0, 0.05) is 62.4 Å². The Labute approximate surface area is 160 Å². The molecule has 0 aliphatic carbocycles. The quantitative estimate of drug-likeness (QED) is 0.712. The number of aryl methyl sites for hydroxylation is 3. The molecule has 0 N–H and O–H groups in total. The third-order valence-corrected chi connectivity index (χ3v) is 5.52. The normalized spacial score (nSPS) is 16.0. The number of rotatable bonds is 4. The first-order chi connectivity index (χ1) is 13.2. The minimum atomic E-state index is 0.940. The second-order valence-corrected chi connectivity index (χ2v) is 7.38. The van der Waals surface area contributed by atoms with Crippen molar-refractivity contribution >= 4 is 11.5 Å². The summed E-state index contributed by atoms with van der Waals surface area (Å²) in [6.45, 7) is 11.6. The number of hydrogen-bond acceptors (Lipinski definition) is 5. The maximum atomic E-state index is 4.82. The van der Waals surface area contributed by atoms with E-state index in [2.05, 4.69) is 53.8 Å². The lowest BCUT2D eigenvalue weighted by Gasteiger charge is -2.24. The summed E-state index contributed by atoms with van der Waals surface area (Å²) in [7, 11) is 0. The van der Waals surface area contributed by atoms with Crippen molar-refractivity contribution in [3.05, 3.63) is 53.1 Å². The molecule has 0 atom stereocenters. The molecule has 3 aromatic heterocycles. The summed E-state index contributed by atoms with van der Waals surface area (Å²) < 4.78 is 2.04. The van der Waals surface area contributed by atoms with E-state index >= 15 is 0 Å². The highest BCUT2D eigenvalue weighted by atomic mass is 15.4. The molecule has 6 nitrogen and oxygen atoms in total. The van der Waals surface area contributed by atoms with Crippen LogP contribution in [0.3, 0.4) is 0 Å². The van der Waals surface area contributed by atoms with Crippen LogP contribution >= 0.6 is 0 Å². The number of nitrogens with zero attached hydrogens (tertiary/aromatic N) is 6. The first kappa shape index (κ1) is 17.9. The van der Waals surface area contributed by atoms with E-state index in [-0.39, 0.29) is 0 Å². The largest absolute Gasteiger partial charge is 0.355 e. The highest BCUT2D eigenvalue weighted by molar-refractivity contribution is 5.57. The Morgan fingerprint density at radius 3 is 2.63 bits per heavy atom. The van der Waals surface area contributed by atoms with Crippen LogP contribution in [0.4, 0.5) is 5.82 Å². The summed E-state index contributed by atoms with van der Waals surface area (Å²) in [6.07, 6.45) is 5.84. The zero-order chi connectivity index (χ0) is 18.8. The van der Waals surface area contributed by atoms with Crippen LogP contribution in [0.5, 0.6) is 0 Å². The molecule has 6 heteroatoms. The van der Waals surface area contributed by atoms with E-state index < -0.39 is 0 Å². The van der Waals surface area contributed by atoms with Gasteiger partial charge in [0.2, 0.25) is 0 Å². The van der Waals surface area contributed by atoms with Gasteiger partial charge in [-0.25, -0.2) is 4.98 Å². The monoisotopic (exact) mass is 364 g/mol. The van der Waals surface area contributed by atoms with Gasteiger partial charge in [0.25, 0.3) is 0 Å². The Hall–Kier alpha value is -2.47. The SMILES string of the molecule is CCc1cc(N2CCCN(Cc3ccncc3)CC2)n2nc(C)c(C)c2n1. The highest BCUT2D eigenvalue weighted by Crippen LogP contribution is 2.23. The van der Waals surface area contributed by atoms with Crippen molar-refractivity contribution in [2.75, 3.05) is 31.1 Å². The van der Waals surface area contributed by atoms with Crippen LogP contribution in [-0.4, -0.2) is 50.7 Å². The van der Waals surface area contributed by atoms with E-state index in [9.17, 15) is 0 Å². The number of pyridine rings is 1. The molecule has 3 aromatic rings.